The summed E-state index contributed by atoms with van der Waals surface area (Å²) < 4.78 is 4.83. The van der Waals surface area contributed by atoms with Gasteiger partial charge in [0.1, 0.15) is 17.7 Å². The lowest BCUT2D eigenvalue weighted by Crippen LogP contribution is -2.48. The summed E-state index contributed by atoms with van der Waals surface area (Å²) in [6.07, 6.45) is 7.31. The van der Waals surface area contributed by atoms with Crippen LogP contribution in [0.3, 0.4) is 0 Å². The first kappa shape index (κ1) is 38.5. The van der Waals surface area contributed by atoms with Gasteiger partial charge in [-0.05, 0) is 73.0 Å². The molecule has 2 saturated heterocycles. The molecule has 292 valence electrons. The van der Waals surface area contributed by atoms with Crippen LogP contribution in [-0.4, -0.2) is 91.9 Å². The normalized spacial score (nSPS) is 17.9. The van der Waals surface area contributed by atoms with Crippen LogP contribution in [0.2, 0.25) is 0 Å². The highest BCUT2D eigenvalue weighted by Crippen LogP contribution is 2.36. The van der Waals surface area contributed by atoms with Gasteiger partial charge in [0.15, 0.2) is 0 Å². The molecule has 2 aromatic heterocycles. The van der Waals surface area contributed by atoms with Crippen LogP contribution in [0.25, 0.3) is 33.6 Å². The standard InChI is InChI=1S/C44H52N8O4/c1-5-36(50(6-2)7-3)42(53)51-25-11-15-37(51)40-45-27-34(47-40)31-21-17-29(18-22-31)30-19-23-32(24-20-30)35-28-46-41(48-35)38-16-12-26-52(38)43(54)39(49-44(55)56-4)33-13-9-8-10-14-33/h8-10,13-14,17-24,27-28,36-39H,5-7,11-12,15-16,25-26H2,1-4H3,(H,45,47)(H,46,48)(H,49,55)/t36-,37+,38+,39-/m1/s1. The lowest BCUT2D eigenvalue weighted by Gasteiger charge is -2.33. The van der Waals surface area contributed by atoms with Crippen LogP contribution < -0.4 is 5.32 Å². The minimum Gasteiger partial charge on any atom is -0.453 e. The summed E-state index contributed by atoms with van der Waals surface area (Å²) in [5.41, 5.74) is 6.69. The van der Waals surface area contributed by atoms with Crippen LogP contribution in [0.1, 0.15) is 88.2 Å². The third kappa shape index (κ3) is 7.97. The van der Waals surface area contributed by atoms with E-state index in [4.69, 9.17) is 14.7 Å². The first-order chi connectivity index (χ1) is 27.3. The Balaban J connectivity index is 1.01. The zero-order valence-corrected chi connectivity index (χ0v) is 32.7. The first-order valence-electron chi connectivity index (χ1n) is 19.9. The number of imidazole rings is 2. The van der Waals surface area contributed by atoms with E-state index in [2.05, 4.69) is 89.5 Å². The minimum absolute atomic E-state index is 0.0356. The van der Waals surface area contributed by atoms with Gasteiger partial charge < -0.3 is 29.8 Å². The van der Waals surface area contributed by atoms with Crippen LogP contribution in [0, 0.1) is 0 Å². The van der Waals surface area contributed by atoms with E-state index in [1.807, 2.05) is 47.6 Å². The van der Waals surface area contributed by atoms with E-state index in [0.29, 0.717) is 12.1 Å². The van der Waals surface area contributed by atoms with Crippen molar-refractivity contribution in [2.24, 2.45) is 0 Å². The van der Waals surface area contributed by atoms with Crippen molar-refractivity contribution >= 4 is 17.9 Å². The maximum absolute atomic E-state index is 13.9. The fourth-order valence-corrected chi connectivity index (χ4v) is 8.34. The Morgan fingerprint density at radius 2 is 1.21 bits per heavy atom. The number of carbonyl (C=O) groups is 3. The highest BCUT2D eigenvalue weighted by Gasteiger charge is 2.38. The summed E-state index contributed by atoms with van der Waals surface area (Å²) in [5.74, 6) is 1.57. The van der Waals surface area contributed by atoms with Gasteiger partial charge in [-0.3, -0.25) is 14.5 Å². The molecule has 0 spiro atoms. The van der Waals surface area contributed by atoms with Gasteiger partial charge in [-0.2, -0.15) is 0 Å². The van der Waals surface area contributed by atoms with E-state index in [0.717, 1.165) is 97.0 Å². The molecule has 0 saturated carbocycles. The van der Waals surface area contributed by atoms with E-state index in [1.54, 1.807) is 4.90 Å². The van der Waals surface area contributed by atoms with Gasteiger partial charge in [0.2, 0.25) is 5.91 Å². The SMILES string of the molecule is CC[C@H](C(=O)N1CCC[C@H]1c1ncc(-c2ccc(-c3ccc(-c4cnc([C@@H]5CCCN5C(=O)[C@H](NC(=O)OC)c5ccccc5)[nH]4)cc3)cc2)[nH]1)N(CC)CC. The molecule has 12 nitrogen and oxygen atoms in total. The molecule has 7 rings (SSSR count). The Morgan fingerprint density at radius 1 is 0.732 bits per heavy atom. The largest absolute Gasteiger partial charge is 0.453 e. The predicted octanol–water partition coefficient (Wildman–Crippen LogP) is 7.68. The Hall–Kier alpha value is -5.75. The van der Waals surface area contributed by atoms with Gasteiger partial charge in [0.05, 0.1) is 49.0 Å². The molecule has 56 heavy (non-hydrogen) atoms. The van der Waals surface area contributed by atoms with Crippen molar-refractivity contribution in [1.82, 2.24) is 40.0 Å². The Labute approximate surface area is 328 Å². The molecule has 12 heteroatoms. The van der Waals surface area contributed by atoms with Gasteiger partial charge >= 0.3 is 6.09 Å². The molecule has 4 atom stereocenters. The van der Waals surface area contributed by atoms with Crippen molar-refractivity contribution in [3.63, 3.8) is 0 Å². The molecule has 3 amide bonds. The van der Waals surface area contributed by atoms with E-state index in [-0.39, 0.29) is 29.9 Å². The number of benzene rings is 3. The number of hydrogen-bond acceptors (Lipinski definition) is 7. The van der Waals surface area contributed by atoms with Crippen molar-refractivity contribution in [2.45, 2.75) is 77.0 Å². The van der Waals surface area contributed by atoms with Crippen molar-refractivity contribution in [1.29, 1.82) is 0 Å². The van der Waals surface area contributed by atoms with Crippen LogP contribution >= 0.6 is 0 Å². The summed E-state index contributed by atoms with van der Waals surface area (Å²) in [4.78, 5) is 62.3. The molecule has 3 N–H and O–H groups in total. The first-order valence-corrected chi connectivity index (χ1v) is 19.9. The zero-order chi connectivity index (χ0) is 39.2. The minimum atomic E-state index is -0.867. The fraction of sp³-hybridized carbons (Fsp3) is 0.386. The smallest absolute Gasteiger partial charge is 0.407 e. The average Bonchev–Trinajstić information content (AvgIpc) is 4.09. The number of likely N-dealkylation sites (N-methyl/N-ethyl adjacent to an activating group) is 1. The summed E-state index contributed by atoms with van der Waals surface area (Å²) in [5, 5.41) is 2.72. The number of aromatic amines is 2. The molecule has 2 fully saturated rings. The van der Waals surface area contributed by atoms with Gasteiger partial charge in [-0.25, -0.2) is 14.8 Å². The summed E-state index contributed by atoms with van der Waals surface area (Å²) in [6.45, 7) is 9.37. The quantitative estimate of drug-likeness (QED) is 0.112. The number of nitrogens with one attached hydrogen (secondary N) is 3. The molecule has 2 aliphatic heterocycles. The van der Waals surface area contributed by atoms with E-state index >= 15 is 0 Å². The van der Waals surface area contributed by atoms with Gasteiger partial charge in [-0.1, -0.05) is 99.6 Å². The zero-order valence-electron chi connectivity index (χ0n) is 32.7. The molecule has 0 bridgehead atoms. The summed E-state index contributed by atoms with van der Waals surface area (Å²) in [7, 11) is 1.29. The number of rotatable bonds is 13. The lowest BCUT2D eigenvalue weighted by molar-refractivity contribution is -0.138. The van der Waals surface area contributed by atoms with Crippen molar-refractivity contribution < 1.29 is 19.1 Å². The number of likely N-dealkylation sites (tertiary alicyclic amines) is 2. The average molecular weight is 757 g/mol. The third-order valence-electron chi connectivity index (χ3n) is 11.4. The molecular weight excluding hydrogens is 705 g/mol. The highest BCUT2D eigenvalue weighted by molar-refractivity contribution is 5.87. The Morgan fingerprint density at radius 3 is 1.68 bits per heavy atom. The maximum Gasteiger partial charge on any atom is 0.407 e. The fourth-order valence-electron chi connectivity index (χ4n) is 8.34. The second kappa shape index (κ2) is 17.4. The van der Waals surface area contributed by atoms with E-state index < -0.39 is 12.1 Å². The monoisotopic (exact) mass is 756 g/mol. The molecular formula is C44H52N8O4. The molecule has 0 aliphatic carbocycles. The van der Waals surface area contributed by atoms with E-state index in [9.17, 15) is 14.4 Å². The van der Waals surface area contributed by atoms with Crippen molar-refractivity contribution in [3.05, 3.63) is 108 Å². The summed E-state index contributed by atoms with van der Waals surface area (Å²) >= 11 is 0. The van der Waals surface area contributed by atoms with Crippen molar-refractivity contribution in [3.8, 4) is 33.6 Å². The van der Waals surface area contributed by atoms with Gasteiger partial charge in [-0.15, -0.1) is 0 Å². The van der Waals surface area contributed by atoms with Gasteiger partial charge in [0, 0.05) is 13.1 Å². The number of amides is 3. The second-order valence-electron chi connectivity index (χ2n) is 14.5. The van der Waals surface area contributed by atoms with Crippen LogP contribution in [0.15, 0.2) is 91.3 Å². The second-order valence-corrected chi connectivity index (χ2v) is 14.5. The number of ether oxygens (including phenoxy) is 1. The molecule has 3 aromatic carbocycles. The molecule has 2 aliphatic rings. The molecule has 0 radical (unpaired) electrons. The number of nitrogens with zero attached hydrogens (tertiary/aromatic N) is 5. The maximum atomic E-state index is 13.9. The molecule has 0 unspecified atom stereocenters. The van der Waals surface area contributed by atoms with Gasteiger partial charge in [0.25, 0.3) is 5.91 Å². The van der Waals surface area contributed by atoms with Crippen molar-refractivity contribution in [2.75, 3.05) is 33.3 Å². The number of alkyl carbamates (subject to hydrolysis) is 1. The van der Waals surface area contributed by atoms with Crippen LogP contribution in [0.4, 0.5) is 4.79 Å². The third-order valence-corrected chi connectivity index (χ3v) is 11.4. The van der Waals surface area contributed by atoms with Crippen LogP contribution in [-0.2, 0) is 14.3 Å². The number of hydrogen-bond donors (Lipinski definition) is 3. The van der Waals surface area contributed by atoms with E-state index in [1.165, 1.54) is 7.11 Å². The molecule has 5 aromatic rings. The molecule has 4 heterocycles. The number of H-pyrrole nitrogens is 2. The highest BCUT2D eigenvalue weighted by atomic mass is 16.5. The number of carbonyl (C=O) groups excluding carboxylic acids is 3. The Bertz CT molecular complexity index is 2090. The Kier molecular flexibility index (Phi) is 11.9. The number of methoxy groups -OCH3 is 1. The number of aromatic nitrogens is 4. The summed E-state index contributed by atoms with van der Waals surface area (Å²) in [6, 6.07) is 24.7. The van der Waals surface area contributed by atoms with Crippen LogP contribution in [0.5, 0.6) is 0 Å². The predicted molar refractivity (Wildman–Crippen MR) is 216 cm³/mol. The lowest BCUT2D eigenvalue weighted by atomic mass is 10.0. The topological polar surface area (TPSA) is 140 Å².